The van der Waals surface area contributed by atoms with E-state index in [0.717, 1.165) is 4.88 Å². The maximum atomic E-state index is 11.2. The summed E-state index contributed by atoms with van der Waals surface area (Å²) in [7, 11) is 3.42. The van der Waals surface area contributed by atoms with Crippen LogP contribution in [0.5, 0.6) is 0 Å². The molecule has 0 aliphatic heterocycles. The van der Waals surface area contributed by atoms with Gasteiger partial charge < -0.3 is 15.3 Å². The molecule has 15 heavy (non-hydrogen) atoms. The Labute approximate surface area is 93.5 Å². The van der Waals surface area contributed by atoms with Crippen LogP contribution in [0.4, 0.5) is 0 Å². The average molecular weight is 228 g/mol. The summed E-state index contributed by atoms with van der Waals surface area (Å²) in [6.45, 7) is 0.662. The second-order valence-corrected chi connectivity index (χ2v) is 4.43. The van der Waals surface area contributed by atoms with Crippen molar-refractivity contribution in [2.45, 2.75) is 6.10 Å². The number of hydrogen-bond donors (Lipinski definition) is 2. The lowest BCUT2D eigenvalue weighted by atomic mass is 10.3. The Balaban J connectivity index is 2.24. The number of carbonyl (C=O) groups excluding carboxylic acids is 1. The molecule has 1 amide bonds. The zero-order valence-electron chi connectivity index (χ0n) is 8.93. The van der Waals surface area contributed by atoms with E-state index in [-0.39, 0.29) is 12.5 Å². The van der Waals surface area contributed by atoms with E-state index in [1.54, 1.807) is 14.1 Å². The minimum atomic E-state index is -0.528. The summed E-state index contributed by atoms with van der Waals surface area (Å²) in [5.74, 6) is 0.00776. The molecule has 84 valence electrons. The molecule has 4 nitrogen and oxygen atoms in total. The van der Waals surface area contributed by atoms with Crippen molar-refractivity contribution >= 4 is 17.2 Å². The third-order valence-electron chi connectivity index (χ3n) is 1.98. The Morgan fingerprint density at radius 2 is 2.40 bits per heavy atom. The molecule has 1 rings (SSSR count). The average Bonchev–Trinajstić information content (AvgIpc) is 2.70. The standard InChI is InChI=1S/C10H16N2O2S/c1-12(2)10(14)7-11-6-8(13)9-4-3-5-15-9/h3-5,8,11,13H,6-7H2,1-2H3. The van der Waals surface area contributed by atoms with Gasteiger partial charge in [0.25, 0.3) is 0 Å². The number of nitrogens with zero attached hydrogens (tertiary/aromatic N) is 1. The van der Waals surface area contributed by atoms with Gasteiger partial charge in [-0.05, 0) is 11.4 Å². The minimum absolute atomic E-state index is 0.00776. The lowest BCUT2D eigenvalue weighted by Gasteiger charge is -2.13. The minimum Gasteiger partial charge on any atom is -0.386 e. The third kappa shape index (κ3) is 3.99. The normalized spacial score (nSPS) is 12.5. The zero-order chi connectivity index (χ0) is 11.3. The first-order valence-corrected chi connectivity index (χ1v) is 5.61. The van der Waals surface area contributed by atoms with E-state index in [1.807, 2.05) is 17.5 Å². The van der Waals surface area contributed by atoms with Crippen LogP contribution < -0.4 is 5.32 Å². The zero-order valence-corrected chi connectivity index (χ0v) is 9.75. The molecule has 1 unspecified atom stereocenters. The second-order valence-electron chi connectivity index (χ2n) is 3.45. The highest BCUT2D eigenvalue weighted by atomic mass is 32.1. The van der Waals surface area contributed by atoms with Gasteiger partial charge in [0.05, 0.1) is 6.54 Å². The molecule has 1 atom stereocenters. The van der Waals surface area contributed by atoms with Crippen LogP contribution in [0, 0.1) is 0 Å². The molecule has 1 aromatic heterocycles. The highest BCUT2D eigenvalue weighted by molar-refractivity contribution is 7.10. The lowest BCUT2D eigenvalue weighted by Crippen LogP contribution is -2.34. The van der Waals surface area contributed by atoms with Gasteiger partial charge in [-0.3, -0.25) is 4.79 Å². The molecule has 0 radical (unpaired) electrons. The number of thiophene rings is 1. The van der Waals surface area contributed by atoms with Crippen molar-refractivity contribution in [2.24, 2.45) is 0 Å². The van der Waals surface area contributed by atoms with Crippen LogP contribution in [0.15, 0.2) is 17.5 Å². The molecule has 0 spiro atoms. The van der Waals surface area contributed by atoms with Gasteiger partial charge in [-0.2, -0.15) is 0 Å². The summed E-state index contributed by atoms with van der Waals surface area (Å²) in [5, 5.41) is 14.5. The third-order valence-corrected chi connectivity index (χ3v) is 2.96. The Kier molecular flexibility index (Phi) is 4.74. The van der Waals surface area contributed by atoms with E-state index >= 15 is 0 Å². The molecule has 0 aliphatic carbocycles. The van der Waals surface area contributed by atoms with Gasteiger partial charge in [0.1, 0.15) is 6.10 Å². The van der Waals surface area contributed by atoms with Gasteiger partial charge in [-0.15, -0.1) is 11.3 Å². The molecule has 0 aliphatic rings. The molecule has 0 bridgehead atoms. The molecule has 5 heteroatoms. The number of likely N-dealkylation sites (N-methyl/N-ethyl adjacent to an activating group) is 1. The SMILES string of the molecule is CN(C)C(=O)CNCC(O)c1cccs1. The van der Waals surface area contributed by atoms with E-state index in [9.17, 15) is 9.90 Å². The van der Waals surface area contributed by atoms with Crippen molar-refractivity contribution in [1.29, 1.82) is 0 Å². The van der Waals surface area contributed by atoms with Gasteiger partial charge in [0.15, 0.2) is 0 Å². The van der Waals surface area contributed by atoms with Crippen LogP contribution in [0.3, 0.4) is 0 Å². The van der Waals surface area contributed by atoms with Crippen molar-refractivity contribution < 1.29 is 9.90 Å². The summed E-state index contributed by atoms with van der Waals surface area (Å²) < 4.78 is 0. The first-order valence-electron chi connectivity index (χ1n) is 4.73. The van der Waals surface area contributed by atoms with E-state index in [1.165, 1.54) is 16.2 Å². The molecule has 0 saturated heterocycles. The quantitative estimate of drug-likeness (QED) is 0.770. The van der Waals surface area contributed by atoms with E-state index in [4.69, 9.17) is 0 Å². The number of aliphatic hydroxyl groups excluding tert-OH is 1. The highest BCUT2D eigenvalue weighted by Crippen LogP contribution is 2.17. The first kappa shape index (κ1) is 12.2. The lowest BCUT2D eigenvalue weighted by molar-refractivity contribution is -0.127. The van der Waals surface area contributed by atoms with Crippen LogP contribution in [-0.2, 0) is 4.79 Å². The van der Waals surface area contributed by atoms with Crippen LogP contribution >= 0.6 is 11.3 Å². The van der Waals surface area contributed by atoms with Gasteiger partial charge in [-0.25, -0.2) is 0 Å². The Morgan fingerprint density at radius 1 is 1.67 bits per heavy atom. The fraction of sp³-hybridized carbons (Fsp3) is 0.500. The summed E-state index contributed by atoms with van der Waals surface area (Å²) in [4.78, 5) is 13.6. The van der Waals surface area contributed by atoms with E-state index in [2.05, 4.69) is 5.32 Å². The van der Waals surface area contributed by atoms with E-state index in [0.29, 0.717) is 6.54 Å². The molecule has 1 aromatic rings. The van der Waals surface area contributed by atoms with Crippen molar-refractivity contribution in [3.8, 4) is 0 Å². The van der Waals surface area contributed by atoms with Crippen LogP contribution in [0.25, 0.3) is 0 Å². The van der Waals surface area contributed by atoms with Gasteiger partial charge in [-0.1, -0.05) is 6.07 Å². The summed E-state index contributed by atoms with van der Waals surface area (Å²) >= 11 is 1.51. The van der Waals surface area contributed by atoms with Gasteiger partial charge in [0, 0.05) is 25.5 Å². The predicted molar refractivity (Wildman–Crippen MR) is 60.8 cm³/mol. The van der Waals surface area contributed by atoms with Crippen LogP contribution in [-0.4, -0.2) is 43.1 Å². The largest absolute Gasteiger partial charge is 0.386 e. The molecule has 0 fully saturated rings. The molecule has 2 N–H and O–H groups in total. The van der Waals surface area contributed by atoms with E-state index < -0.39 is 6.10 Å². The molecular formula is C10H16N2O2S. The van der Waals surface area contributed by atoms with Gasteiger partial charge >= 0.3 is 0 Å². The summed E-state index contributed by atoms with van der Waals surface area (Å²) in [6, 6.07) is 3.78. The Hall–Kier alpha value is -0.910. The molecule has 1 heterocycles. The maximum absolute atomic E-state index is 11.2. The number of carbonyl (C=O) groups is 1. The van der Waals surface area contributed by atoms with Crippen molar-refractivity contribution in [1.82, 2.24) is 10.2 Å². The fourth-order valence-corrected chi connectivity index (χ4v) is 1.77. The number of aliphatic hydroxyl groups is 1. The Morgan fingerprint density at radius 3 is 2.93 bits per heavy atom. The van der Waals surface area contributed by atoms with Crippen molar-refractivity contribution in [3.63, 3.8) is 0 Å². The number of amides is 1. The highest BCUT2D eigenvalue weighted by Gasteiger charge is 2.09. The monoisotopic (exact) mass is 228 g/mol. The smallest absolute Gasteiger partial charge is 0.236 e. The van der Waals surface area contributed by atoms with Crippen molar-refractivity contribution in [3.05, 3.63) is 22.4 Å². The topological polar surface area (TPSA) is 52.6 Å². The van der Waals surface area contributed by atoms with Crippen molar-refractivity contribution in [2.75, 3.05) is 27.2 Å². The number of nitrogens with one attached hydrogen (secondary N) is 1. The number of hydrogen-bond acceptors (Lipinski definition) is 4. The molecular weight excluding hydrogens is 212 g/mol. The van der Waals surface area contributed by atoms with Crippen LogP contribution in [0.2, 0.25) is 0 Å². The summed E-state index contributed by atoms with van der Waals surface area (Å²) in [5.41, 5.74) is 0. The molecule has 0 saturated carbocycles. The summed E-state index contributed by atoms with van der Waals surface area (Å²) in [6.07, 6.45) is -0.528. The van der Waals surface area contributed by atoms with Gasteiger partial charge in [0.2, 0.25) is 5.91 Å². The van der Waals surface area contributed by atoms with Crippen LogP contribution in [0.1, 0.15) is 11.0 Å². The Bertz CT molecular complexity index is 298. The second kappa shape index (κ2) is 5.85. The predicted octanol–water partition coefficient (Wildman–Crippen LogP) is 0.459. The maximum Gasteiger partial charge on any atom is 0.236 e. The molecule has 0 aromatic carbocycles. The number of rotatable bonds is 5. The fourth-order valence-electron chi connectivity index (χ4n) is 1.06. The first-order chi connectivity index (χ1) is 7.11.